The Morgan fingerprint density at radius 1 is 1.15 bits per heavy atom. The molecule has 0 atom stereocenters. The minimum Gasteiger partial charge on any atom is -0.497 e. The van der Waals surface area contributed by atoms with Crippen molar-refractivity contribution in [2.45, 2.75) is 10.9 Å². The summed E-state index contributed by atoms with van der Waals surface area (Å²) in [6, 6.07) is 11.8. The van der Waals surface area contributed by atoms with Gasteiger partial charge >= 0.3 is 0 Å². The summed E-state index contributed by atoms with van der Waals surface area (Å²) in [4.78, 5) is 10.2. The maximum atomic E-state index is 5.17. The van der Waals surface area contributed by atoms with Crippen LogP contribution in [0.1, 0.15) is 5.69 Å². The van der Waals surface area contributed by atoms with Crippen molar-refractivity contribution < 1.29 is 4.74 Å². The molecule has 0 aliphatic heterocycles. The minimum absolute atomic E-state index is 0.725. The molecule has 0 fully saturated rings. The minimum atomic E-state index is 0.725. The number of thioether (sulfide) groups is 1. The third-order valence-electron chi connectivity index (χ3n) is 3.46. The van der Waals surface area contributed by atoms with Crippen LogP contribution in [0.5, 0.6) is 5.75 Å². The summed E-state index contributed by atoms with van der Waals surface area (Å²) in [5, 5.41) is 16.2. The fourth-order valence-electron chi connectivity index (χ4n) is 2.20. The zero-order valence-electron chi connectivity index (χ0n) is 13.8. The lowest BCUT2D eigenvalue weighted by Crippen LogP contribution is -1.91. The number of nitrogens with zero attached hydrogens (tertiary/aromatic N) is 3. The molecule has 4 rings (SSSR count). The van der Waals surface area contributed by atoms with Gasteiger partial charge < -0.3 is 10.1 Å². The molecule has 9 heteroatoms. The number of aromatic nitrogens is 4. The number of ether oxygens (including phenoxy) is 1. The summed E-state index contributed by atoms with van der Waals surface area (Å²) < 4.78 is 5.17. The van der Waals surface area contributed by atoms with Crippen LogP contribution in [-0.2, 0) is 5.75 Å². The number of rotatable bonds is 7. The molecule has 0 aliphatic carbocycles. The van der Waals surface area contributed by atoms with Gasteiger partial charge in [0, 0.05) is 16.8 Å². The van der Waals surface area contributed by atoms with E-state index in [-0.39, 0.29) is 0 Å². The second-order valence-electron chi connectivity index (χ2n) is 5.23. The molecule has 0 spiro atoms. The first-order valence-electron chi connectivity index (χ1n) is 7.75. The van der Waals surface area contributed by atoms with Crippen molar-refractivity contribution in [3.05, 3.63) is 52.9 Å². The average molecular weight is 402 g/mol. The fourth-order valence-corrected chi connectivity index (χ4v) is 4.39. The first kappa shape index (κ1) is 17.1. The molecule has 0 aliphatic rings. The predicted molar refractivity (Wildman–Crippen MR) is 108 cm³/mol. The van der Waals surface area contributed by atoms with Gasteiger partial charge in [0.25, 0.3) is 0 Å². The number of hydrogen-bond acceptors (Lipinski definition) is 8. The summed E-state index contributed by atoms with van der Waals surface area (Å²) in [6.07, 6.45) is 0. The lowest BCUT2D eigenvalue weighted by molar-refractivity contribution is 0.415. The Labute approximate surface area is 162 Å². The van der Waals surface area contributed by atoms with E-state index in [4.69, 9.17) is 4.74 Å². The van der Waals surface area contributed by atoms with E-state index in [9.17, 15) is 0 Å². The van der Waals surface area contributed by atoms with Crippen LogP contribution in [0.2, 0.25) is 0 Å². The van der Waals surface area contributed by atoms with Crippen LogP contribution in [0.4, 0.5) is 10.8 Å². The topological polar surface area (TPSA) is 75.7 Å². The summed E-state index contributed by atoms with van der Waals surface area (Å²) in [5.74, 6) is 2.37. The Morgan fingerprint density at radius 2 is 2.04 bits per heavy atom. The van der Waals surface area contributed by atoms with Gasteiger partial charge in [-0.2, -0.15) is 0 Å². The normalized spacial score (nSPS) is 10.8. The lowest BCUT2D eigenvalue weighted by atomic mass is 10.3. The van der Waals surface area contributed by atoms with Crippen molar-refractivity contribution in [1.82, 2.24) is 20.2 Å². The average Bonchev–Trinajstić information content (AvgIpc) is 3.42. The second-order valence-corrected chi connectivity index (χ2v) is 7.98. The molecule has 3 heterocycles. The van der Waals surface area contributed by atoms with Crippen molar-refractivity contribution in [1.29, 1.82) is 0 Å². The molecule has 26 heavy (non-hydrogen) atoms. The molecular formula is C17H15N5OS3. The number of benzene rings is 1. The van der Waals surface area contributed by atoms with E-state index in [1.54, 1.807) is 41.5 Å². The highest BCUT2D eigenvalue weighted by Gasteiger charge is 2.09. The molecule has 0 radical (unpaired) electrons. The van der Waals surface area contributed by atoms with Gasteiger partial charge in [-0.15, -0.1) is 27.8 Å². The molecular weight excluding hydrogens is 386 g/mol. The van der Waals surface area contributed by atoms with Crippen molar-refractivity contribution in [2.75, 3.05) is 12.4 Å². The third-order valence-corrected chi connectivity index (χ3v) is 6.03. The molecule has 4 aromatic rings. The van der Waals surface area contributed by atoms with E-state index in [2.05, 4.69) is 25.5 Å². The summed E-state index contributed by atoms with van der Waals surface area (Å²) >= 11 is 4.79. The van der Waals surface area contributed by atoms with E-state index in [1.807, 2.05) is 47.2 Å². The zero-order chi connectivity index (χ0) is 17.8. The monoisotopic (exact) mass is 401 g/mol. The number of nitrogens with one attached hydrogen (secondary N) is 2. The smallest absolute Gasteiger partial charge is 0.209 e. The van der Waals surface area contributed by atoms with Gasteiger partial charge in [-0.25, -0.2) is 9.97 Å². The van der Waals surface area contributed by atoms with E-state index in [0.717, 1.165) is 43.9 Å². The molecule has 6 nitrogen and oxygen atoms in total. The van der Waals surface area contributed by atoms with Crippen molar-refractivity contribution >= 4 is 45.3 Å². The Morgan fingerprint density at radius 3 is 2.81 bits per heavy atom. The standard InChI is InChI=1S/C17H15N5OS3/c1-23-13-6-4-11(5-7-13)18-16-19-12(9-25-16)10-26-17-20-15(21-22-17)14-3-2-8-24-14/h2-9H,10H2,1H3,(H,18,19)(H,20,21,22). The first-order valence-corrected chi connectivity index (χ1v) is 10.5. The van der Waals surface area contributed by atoms with Crippen LogP contribution < -0.4 is 10.1 Å². The van der Waals surface area contributed by atoms with Crippen LogP contribution in [0.15, 0.2) is 52.3 Å². The Balaban J connectivity index is 1.34. The summed E-state index contributed by atoms with van der Waals surface area (Å²) in [6.45, 7) is 0. The van der Waals surface area contributed by atoms with Gasteiger partial charge in [0.15, 0.2) is 11.0 Å². The highest BCUT2D eigenvalue weighted by Crippen LogP contribution is 2.27. The molecule has 132 valence electrons. The lowest BCUT2D eigenvalue weighted by Gasteiger charge is -2.03. The number of anilines is 2. The molecule has 0 unspecified atom stereocenters. The Bertz CT molecular complexity index is 963. The molecule has 0 saturated heterocycles. The number of aromatic amines is 1. The Hall–Kier alpha value is -2.36. The SMILES string of the molecule is COc1ccc(Nc2nc(CSc3n[nH]c(-c4cccs4)n3)cs2)cc1. The highest BCUT2D eigenvalue weighted by atomic mass is 32.2. The molecule has 2 N–H and O–H groups in total. The van der Waals surface area contributed by atoms with Crippen LogP contribution in [-0.4, -0.2) is 27.3 Å². The third kappa shape index (κ3) is 4.06. The van der Waals surface area contributed by atoms with Gasteiger partial charge in [0.1, 0.15) is 5.75 Å². The van der Waals surface area contributed by atoms with Crippen molar-refractivity contribution in [3.63, 3.8) is 0 Å². The van der Waals surface area contributed by atoms with Gasteiger partial charge in [-0.3, -0.25) is 5.10 Å². The Kier molecular flexibility index (Phi) is 5.19. The fraction of sp³-hybridized carbons (Fsp3) is 0.118. The number of methoxy groups -OCH3 is 1. The van der Waals surface area contributed by atoms with E-state index < -0.39 is 0 Å². The number of H-pyrrole nitrogens is 1. The van der Waals surface area contributed by atoms with Gasteiger partial charge in [-0.1, -0.05) is 17.8 Å². The zero-order valence-corrected chi connectivity index (χ0v) is 16.3. The molecule has 3 aromatic heterocycles. The number of hydrogen-bond donors (Lipinski definition) is 2. The number of thiazole rings is 1. The predicted octanol–water partition coefficient (Wildman–Crippen LogP) is 5.03. The largest absolute Gasteiger partial charge is 0.497 e. The van der Waals surface area contributed by atoms with E-state index in [1.165, 1.54) is 0 Å². The van der Waals surface area contributed by atoms with Gasteiger partial charge in [0.05, 0.1) is 17.7 Å². The summed E-state index contributed by atoms with van der Waals surface area (Å²) in [7, 11) is 1.66. The van der Waals surface area contributed by atoms with Crippen LogP contribution in [0.3, 0.4) is 0 Å². The quantitative estimate of drug-likeness (QED) is 0.423. The second kappa shape index (κ2) is 7.90. The highest BCUT2D eigenvalue weighted by molar-refractivity contribution is 7.98. The maximum Gasteiger partial charge on any atom is 0.209 e. The number of thiophene rings is 1. The molecule has 0 amide bonds. The van der Waals surface area contributed by atoms with Crippen LogP contribution >= 0.6 is 34.4 Å². The molecule has 1 aromatic carbocycles. The van der Waals surface area contributed by atoms with Gasteiger partial charge in [0.2, 0.25) is 5.16 Å². The van der Waals surface area contributed by atoms with Crippen molar-refractivity contribution in [3.8, 4) is 16.5 Å². The van der Waals surface area contributed by atoms with Gasteiger partial charge in [-0.05, 0) is 35.7 Å². The van der Waals surface area contributed by atoms with E-state index >= 15 is 0 Å². The maximum absolute atomic E-state index is 5.17. The van der Waals surface area contributed by atoms with Crippen LogP contribution in [0, 0.1) is 0 Å². The molecule has 0 saturated carbocycles. The van der Waals surface area contributed by atoms with Crippen molar-refractivity contribution in [2.24, 2.45) is 0 Å². The van der Waals surface area contributed by atoms with E-state index in [0.29, 0.717) is 0 Å². The first-order chi connectivity index (χ1) is 12.8. The summed E-state index contributed by atoms with van der Waals surface area (Å²) in [5.41, 5.74) is 1.98. The molecule has 0 bridgehead atoms. The van der Waals surface area contributed by atoms with Crippen LogP contribution in [0.25, 0.3) is 10.7 Å².